The van der Waals surface area contributed by atoms with Crippen LogP contribution < -0.4 is 15.6 Å². The minimum absolute atomic E-state index is 0.179. The second-order valence-electron chi connectivity index (χ2n) is 5.86. The summed E-state index contributed by atoms with van der Waals surface area (Å²) < 4.78 is 5.73. The number of H-pyrrole nitrogens is 1. The summed E-state index contributed by atoms with van der Waals surface area (Å²) >= 11 is 0. The number of amides is 1. The van der Waals surface area contributed by atoms with Crippen molar-refractivity contribution in [3.05, 3.63) is 94.2 Å². The third-order valence-electron chi connectivity index (χ3n) is 3.90. The van der Waals surface area contributed by atoms with Gasteiger partial charge in [-0.2, -0.15) is 0 Å². The Hall–Kier alpha value is -3.41. The number of ether oxygens (including phenoxy) is 1. The van der Waals surface area contributed by atoms with E-state index < -0.39 is 0 Å². The Bertz CT molecular complexity index is 901. The molecule has 26 heavy (non-hydrogen) atoms. The van der Waals surface area contributed by atoms with Crippen LogP contribution in [0.15, 0.2) is 71.9 Å². The topological polar surface area (TPSA) is 84.1 Å². The Labute approximate surface area is 150 Å². The summed E-state index contributed by atoms with van der Waals surface area (Å²) in [6.07, 6.45) is 4.89. The van der Waals surface area contributed by atoms with Crippen LogP contribution in [0.3, 0.4) is 0 Å². The number of nitrogens with one attached hydrogen (secondary N) is 2. The van der Waals surface area contributed by atoms with Crippen LogP contribution >= 0.6 is 0 Å². The fourth-order valence-electron chi connectivity index (χ4n) is 2.42. The zero-order valence-corrected chi connectivity index (χ0v) is 14.3. The average molecular weight is 349 g/mol. The molecule has 0 saturated carbocycles. The number of rotatable bonds is 6. The molecule has 6 heteroatoms. The SMILES string of the molecule is C[C@H](NC(=O)c1ccc(=O)[nH]c1)c1ccc(OCc2cccnc2)cc1. The van der Waals surface area contributed by atoms with Crippen molar-refractivity contribution < 1.29 is 9.53 Å². The van der Waals surface area contributed by atoms with E-state index in [1.54, 1.807) is 12.4 Å². The van der Waals surface area contributed by atoms with Gasteiger partial charge in [-0.15, -0.1) is 0 Å². The lowest BCUT2D eigenvalue weighted by molar-refractivity contribution is 0.0939. The van der Waals surface area contributed by atoms with Gasteiger partial charge in [-0.3, -0.25) is 14.6 Å². The summed E-state index contributed by atoms with van der Waals surface area (Å²) in [6.45, 7) is 2.35. The van der Waals surface area contributed by atoms with E-state index in [2.05, 4.69) is 15.3 Å². The minimum Gasteiger partial charge on any atom is -0.489 e. The standard InChI is InChI=1S/C20H19N3O3/c1-14(23-20(25)17-6-9-19(24)22-12-17)16-4-7-18(8-5-16)26-13-15-3-2-10-21-11-15/h2-12,14H,13H2,1H3,(H,22,24)(H,23,25)/t14-/m0/s1. The molecule has 2 N–H and O–H groups in total. The molecule has 0 saturated heterocycles. The largest absolute Gasteiger partial charge is 0.489 e. The third kappa shape index (κ3) is 4.57. The molecule has 0 spiro atoms. The number of aromatic amines is 1. The van der Waals surface area contributed by atoms with Crippen LogP contribution in [-0.2, 0) is 6.61 Å². The number of pyridine rings is 2. The Balaban J connectivity index is 1.58. The predicted molar refractivity (Wildman–Crippen MR) is 98.0 cm³/mol. The summed E-state index contributed by atoms with van der Waals surface area (Å²) in [5, 5.41) is 2.90. The Morgan fingerprint density at radius 1 is 1.19 bits per heavy atom. The van der Waals surface area contributed by atoms with E-state index in [4.69, 9.17) is 4.74 Å². The molecule has 0 aliphatic carbocycles. The molecule has 2 aromatic heterocycles. The predicted octanol–water partition coefficient (Wildman–Crippen LogP) is 2.84. The highest BCUT2D eigenvalue weighted by Crippen LogP contribution is 2.19. The minimum atomic E-state index is -0.245. The number of carbonyl (C=O) groups excluding carboxylic acids is 1. The van der Waals surface area contributed by atoms with Gasteiger partial charge in [0.25, 0.3) is 5.91 Å². The van der Waals surface area contributed by atoms with Gasteiger partial charge in [-0.1, -0.05) is 18.2 Å². The molecular formula is C20H19N3O3. The molecule has 1 aromatic carbocycles. The monoisotopic (exact) mass is 349 g/mol. The van der Waals surface area contributed by atoms with Gasteiger partial charge >= 0.3 is 0 Å². The lowest BCUT2D eigenvalue weighted by Gasteiger charge is -2.15. The van der Waals surface area contributed by atoms with Crippen molar-refractivity contribution in [2.45, 2.75) is 19.6 Å². The van der Waals surface area contributed by atoms with E-state index >= 15 is 0 Å². The van der Waals surface area contributed by atoms with Crippen LogP contribution in [-0.4, -0.2) is 15.9 Å². The number of carbonyl (C=O) groups is 1. The second kappa shape index (κ2) is 8.11. The number of hydrogen-bond donors (Lipinski definition) is 2. The zero-order chi connectivity index (χ0) is 18.4. The summed E-state index contributed by atoms with van der Waals surface area (Å²) in [4.78, 5) is 29.8. The van der Waals surface area contributed by atoms with E-state index in [-0.39, 0.29) is 17.5 Å². The van der Waals surface area contributed by atoms with Gasteiger partial charge in [0.1, 0.15) is 12.4 Å². The fraction of sp³-hybridized carbons (Fsp3) is 0.150. The maximum atomic E-state index is 12.2. The first-order chi connectivity index (χ1) is 12.6. The molecular weight excluding hydrogens is 330 g/mol. The molecule has 0 fully saturated rings. The zero-order valence-electron chi connectivity index (χ0n) is 14.3. The Morgan fingerprint density at radius 2 is 2.00 bits per heavy atom. The first kappa shape index (κ1) is 17.4. The summed E-state index contributed by atoms with van der Waals surface area (Å²) in [7, 11) is 0. The molecule has 6 nitrogen and oxygen atoms in total. The van der Waals surface area contributed by atoms with Gasteiger partial charge in [0.05, 0.1) is 11.6 Å². The molecule has 2 heterocycles. The maximum Gasteiger partial charge on any atom is 0.253 e. The van der Waals surface area contributed by atoms with Crippen molar-refractivity contribution in [1.29, 1.82) is 0 Å². The van der Waals surface area contributed by atoms with Gasteiger partial charge in [0, 0.05) is 30.2 Å². The van der Waals surface area contributed by atoms with Crippen LogP contribution in [0.25, 0.3) is 0 Å². The van der Waals surface area contributed by atoms with Crippen LogP contribution in [0.4, 0.5) is 0 Å². The highest BCUT2D eigenvalue weighted by atomic mass is 16.5. The van der Waals surface area contributed by atoms with Crippen molar-refractivity contribution in [3.8, 4) is 5.75 Å². The van der Waals surface area contributed by atoms with Crippen molar-refractivity contribution in [1.82, 2.24) is 15.3 Å². The third-order valence-corrected chi connectivity index (χ3v) is 3.90. The summed E-state index contributed by atoms with van der Waals surface area (Å²) in [5.74, 6) is 0.502. The lowest BCUT2D eigenvalue weighted by Crippen LogP contribution is -2.27. The molecule has 0 aliphatic heterocycles. The number of nitrogens with zero attached hydrogens (tertiary/aromatic N) is 1. The smallest absolute Gasteiger partial charge is 0.253 e. The number of aromatic nitrogens is 2. The van der Waals surface area contributed by atoms with Crippen LogP contribution in [0.5, 0.6) is 5.75 Å². The van der Waals surface area contributed by atoms with Crippen molar-refractivity contribution in [2.24, 2.45) is 0 Å². The molecule has 0 unspecified atom stereocenters. The molecule has 0 bridgehead atoms. The van der Waals surface area contributed by atoms with Crippen LogP contribution in [0.2, 0.25) is 0 Å². The van der Waals surface area contributed by atoms with E-state index in [1.165, 1.54) is 18.3 Å². The Morgan fingerprint density at radius 3 is 2.65 bits per heavy atom. The maximum absolute atomic E-state index is 12.2. The molecule has 0 radical (unpaired) electrons. The Kier molecular flexibility index (Phi) is 5.43. The number of hydrogen-bond acceptors (Lipinski definition) is 4. The van der Waals surface area contributed by atoms with Crippen LogP contribution in [0, 0.1) is 0 Å². The quantitative estimate of drug-likeness (QED) is 0.717. The summed E-state index contributed by atoms with van der Waals surface area (Å²) in [6, 6.07) is 14.0. The first-order valence-electron chi connectivity index (χ1n) is 8.23. The highest BCUT2D eigenvalue weighted by molar-refractivity contribution is 5.94. The van der Waals surface area contributed by atoms with Gasteiger partial charge in [0.15, 0.2) is 0 Å². The first-order valence-corrected chi connectivity index (χ1v) is 8.23. The molecule has 1 amide bonds. The molecule has 1 atom stereocenters. The van der Waals surface area contributed by atoms with Crippen molar-refractivity contribution in [2.75, 3.05) is 0 Å². The molecule has 3 rings (SSSR count). The normalized spacial score (nSPS) is 11.6. The summed E-state index contributed by atoms with van der Waals surface area (Å²) in [5.41, 5.74) is 2.12. The van der Waals surface area contributed by atoms with Crippen molar-refractivity contribution >= 4 is 5.91 Å². The van der Waals surface area contributed by atoms with E-state index in [0.29, 0.717) is 12.2 Å². The molecule has 132 valence electrons. The number of benzene rings is 1. The highest BCUT2D eigenvalue weighted by Gasteiger charge is 2.11. The van der Waals surface area contributed by atoms with Gasteiger partial charge in [-0.25, -0.2) is 0 Å². The lowest BCUT2D eigenvalue weighted by atomic mass is 10.1. The van der Waals surface area contributed by atoms with E-state index in [0.717, 1.165) is 16.9 Å². The van der Waals surface area contributed by atoms with E-state index in [9.17, 15) is 9.59 Å². The molecule has 0 aliphatic rings. The fourth-order valence-corrected chi connectivity index (χ4v) is 2.42. The van der Waals surface area contributed by atoms with Gasteiger partial charge in [-0.05, 0) is 36.8 Å². The van der Waals surface area contributed by atoms with Crippen molar-refractivity contribution in [3.63, 3.8) is 0 Å². The van der Waals surface area contributed by atoms with Gasteiger partial charge in [0.2, 0.25) is 5.56 Å². The van der Waals surface area contributed by atoms with Crippen LogP contribution in [0.1, 0.15) is 34.5 Å². The van der Waals surface area contributed by atoms with Gasteiger partial charge < -0.3 is 15.0 Å². The van der Waals surface area contributed by atoms with E-state index in [1.807, 2.05) is 43.3 Å². The second-order valence-corrected chi connectivity index (χ2v) is 5.86. The average Bonchev–Trinajstić information content (AvgIpc) is 2.68. The molecule has 3 aromatic rings.